The first-order valence-electron chi connectivity index (χ1n) is 6.04. The fourth-order valence-electron chi connectivity index (χ4n) is 2.11. The highest BCUT2D eigenvalue weighted by molar-refractivity contribution is 6.36. The number of carbonyl (C=O) groups excluding carboxylic acids is 1. The van der Waals surface area contributed by atoms with Gasteiger partial charge in [0.2, 0.25) is 5.91 Å². The van der Waals surface area contributed by atoms with Crippen LogP contribution < -0.4 is 5.73 Å². The number of nitrogens with zero attached hydrogens (tertiary/aromatic N) is 1. The number of rotatable bonds is 2. The van der Waals surface area contributed by atoms with Gasteiger partial charge in [-0.05, 0) is 30.5 Å². The molecule has 1 aromatic carbocycles. The lowest BCUT2D eigenvalue weighted by atomic mass is 10.0. The van der Waals surface area contributed by atoms with Crippen LogP contribution in [0.1, 0.15) is 18.4 Å². The largest absolute Gasteiger partial charge is 0.342 e. The third-order valence-corrected chi connectivity index (χ3v) is 3.99. The molecule has 2 N–H and O–H groups in total. The Labute approximate surface area is 129 Å². The number of hydrogen-bond donors (Lipinski definition) is 1. The van der Waals surface area contributed by atoms with Crippen LogP contribution in [0.3, 0.4) is 0 Å². The standard InChI is InChI=1S/C13H16Cl2N2O.ClH/c14-11-2-1-3-12(15)10(11)8-13(18)17-6-4-9(16)5-7-17;/h1-3,9H,4-8,16H2;1H. The smallest absolute Gasteiger partial charge is 0.227 e. The van der Waals surface area contributed by atoms with Gasteiger partial charge in [-0.25, -0.2) is 0 Å². The van der Waals surface area contributed by atoms with Gasteiger partial charge in [-0.1, -0.05) is 29.3 Å². The second-order valence-corrected chi connectivity index (χ2v) is 5.41. The Bertz CT molecular complexity index is 425. The van der Waals surface area contributed by atoms with Gasteiger partial charge in [-0.2, -0.15) is 0 Å². The second kappa shape index (κ2) is 7.34. The molecule has 3 nitrogen and oxygen atoms in total. The number of piperidine rings is 1. The summed E-state index contributed by atoms with van der Waals surface area (Å²) >= 11 is 12.1. The first-order chi connectivity index (χ1) is 8.58. The predicted molar refractivity (Wildman–Crippen MR) is 81.2 cm³/mol. The quantitative estimate of drug-likeness (QED) is 0.909. The molecule has 6 heteroatoms. The average Bonchev–Trinajstić information content (AvgIpc) is 2.34. The molecule has 0 bridgehead atoms. The Morgan fingerprint density at radius 1 is 1.26 bits per heavy atom. The second-order valence-electron chi connectivity index (χ2n) is 4.60. The van der Waals surface area contributed by atoms with Crippen molar-refractivity contribution in [2.24, 2.45) is 5.73 Å². The third-order valence-electron chi connectivity index (χ3n) is 3.28. The van der Waals surface area contributed by atoms with Crippen molar-refractivity contribution in [1.82, 2.24) is 4.90 Å². The summed E-state index contributed by atoms with van der Waals surface area (Å²) in [5.74, 6) is 0.0666. The first-order valence-corrected chi connectivity index (χ1v) is 6.80. The van der Waals surface area contributed by atoms with Crippen LogP contribution in [-0.4, -0.2) is 29.9 Å². The minimum atomic E-state index is 0. The Morgan fingerprint density at radius 3 is 2.32 bits per heavy atom. The highest BCUT2D eigenvalue weighted by Crippen LogP contribution is 2.25. The van der Waals surface area contributed by atoms with E-state index in [0.29, 0.717) is 15.6 Å². The van der Waals surface area contributed by atoms with Gasteiger partial charge in [-0.15, -0.1) is 12.4 Å². The molecule has 0 aromatic heterocycles. The molecule has 0 aliphatic carbocycles. The summed E-state index contributed by atoms with van der Waals surface area (Å²) in [5.41, 5.74) is 6.53. The summed E-state index contributed by atoms with van der Waals surface area (Å²) in [6, 6.07) is 5.50. The lowest BCUT2D eigenvalue weighted by molar-refractivity contribution is -0.131. The Hall–Kier alpha value is -0.480. The van der Waals surface area contributed by atoms with Crippen LogP contribution in [0.4, 0.5) is 0 Å². The van der Waals surface area contributed by atoms with Gasteiger partial charge < -0.3 is 10.6 Å². The first kappa shape index (κ1) is 16.6. The highest BCUT2D eigenvalue weighted by atomic mass is 35.5. The van der Waals surface area contributed by atoms with Gasteiger partial charge >= 0.3 is 0 Å². The van der Waals surface area contributed by atoms with Crippen molar-refractivity contribution in [3.63, 3.8) is 0 Å². The Balaban J connectivity index is 0.00000180. The number of halogens is 3. The summed E-state index contributed by atoms with van der Waals surface area (Å²) in [5, 5.41) is 1.09. The molecular formula is C13H17Cl3N2O. The fraction of sp³-hybridized carbons (Fsp3) is 0.462. The van der Waals surface area contributed by atoms with E-state index in [-0.39, 0.29) is 30.8 Å². The lowest BCUT2D eigenvalue weighted by Gasteiger charge is -2.30. The molecule has 1 aliphatic heterocycles. The molecule has 19 heavy (non-hydrogen) atoms. The lowest BCUT2D eigenvalue weighted by Crippen LogP contribution is -2.43. The molecule has 2 rings (SSSR count). The van der Waals surface area contributed by atoms with Gasteiger partial charge in [0.1, 0.15) is 0 Å². The van der Waals surface area contributed by atoms with Gasteiger partial charge in [0.05, 0.1) is 6.42 Å². The Kier molecular flexibility index (Phi) is 6.40. The molecule has 1 fully saturated rings. The molecule has 1 heterocycles. The molecular weight excluding hydrogens is 307 g/mol. The van der Waals surface area contributed by atoms with Crippen LogP contribution >= 0.6 is 35.6 Å². The zero-order valence-electron chi connectivity index (χ0n) is 10.4. The summed E-state index contributed by atoms with van der Waals surface area (Å²) in [6.07, 6.45) is 1.98. The molecule has 0 saturated carbocycles. The van der Waals surface area contributed by atoms with Crippen LogP contribution in [0.25, 0.3) is 0 Å². The zero-order chi connectivity index (χ0) is 13.1. The summed E-state index contributed by atoms with van der Waals surface area (Å²) in [6.45, 7) is 1.45. The molecule has 106 valence electrons. The fourth-order valence-corrected chi connectivity index (χ4v) is 2.64. The maximum Gasteiger partial charge on any atom is 0.227 e. The van der Waals surface area contributed by atoms with E-state index < -0.39 is 0 Å². The van der Waals surface area contributed by atoms with Crippen LogP contribution in [0.5, 0.6) is 0 Å². The van der Waals surface area contributed by atoms with Gasteiger partial charge in [-0.3, -0.25) is 4.79 Å². The predicted octanol–water partition coefficient (Wildman–Crippen LogP) is 2.91. The maximum atomic E-state index is 12.1. The van der Waals surface area contributed by atoms with E-state index in [1.54, 1.807) is 18.2 Å². The summed E-state index contributed by atoms with van der Waals surface area (Å²) < 4.78 is 0. The monoisotopic (exact) mass is 322 g/mol. The number of amides is 1. The molecule has 0 radical (unpaired) electrons. The SMILES string of the molecule is Cl.NC1CCN(C(=O)Cc2c(Cl)cccc2Cl)CC1. The van der Waals surface area contributed by atoms with E-state index in [9.17, 15) is 4.79 Å². The average molecular weight is 324 g/mol. The molecule has 1 aliphatic rings. The third kappa shape index (κ3) is 4.25. The highest BCUT2D eigenvalue weighted by Gasteiger charge is 2.21. The van der Waals surface area contributed by atoms with Crippen molar-refractivity contribution in [2.75, 3.05) is 13.1 Å². The van der Waals surface area contributed by atoms with E-state index in [4.69, 9.17) is 28.9 Å². The molecule has 1 amide bonds. The number of carbonyl (C=O) groups is 1. The van der Waals surface area contributed by atoms with E-state index in [1.807, 2.05) is 4.90 Å². The molecule has 0 spiro atoms. The molecule has 0 unspecified atom stereocenters. The van der Waals surface area contributed by atoms with E-state index in [2.05, 4.69) is 0 Å². The molecule has 1 aromatic rings. The van der Waals surface area contributed by atoms with Crippen molar-refractivity contribution in [1.29, 1.82) is 0 Å². The number of nitrogens with two attached hydrogens (primary N) is 1. The van der Waals surface area contributed by atoms with Crippen LogP contribution in [-0.2, 0) is 11.2 Å². The van der Waals surface area contributed by atoms with E-state index in [0.717, 1.165) is 25.9 Å². The summed E-state index contributed by atoms with van der Waals surface area (Å²) in [4.78, 5) is 14.0. The minimum absolute atomic E-state index is 0. The van der Waals surface area contributed by atoms with Crippen LogP contribution in [0.15, 0.2) is 18.2 Å². The van der Waals surface area contributed by atoms with Crippen molar-refractivity contribution >= 4 is 41.5 Å². The summed E-state index contributed by atoms with van der Waals surface area (Å²) in [7, 11) is 0. The van der Waals surface area contributed by atoms with Gasteiger partial charge in [0.25, 0.3) is 0 Å². The normalized spacial score (nSPS) is 16.1. The maximum absolute atomic E-state index is 12.1. The zero-order valence-corrected chi connectivity index (χ0v) is 12.8. The van der Waals surface area contributed by atoms with Crippen molar-refractivity contribution < 1.29 is 4.79 Å². The number of likely N-dealkylation sites (tertiary alicyclic amines) is 1. The van der Waals surface area contributed by atoms with Crippen LogP contribution in [0, 0.1) is 0 Å². The van der Waals surface area contributed by atoms with E-state index in [1.165, 1.54) is 0 Å². The van der Waals surface area contributed by atoms with Gasteiger partial charge in [0, 0.05) is 29.2 Å². The molecule has 0 atom stereocenters. The van der Waals surface area contributed by atoms with Crippen molar-refractivity contribution in [2.45, 2.75) is 25.3 Å². The topological polar surface area (TPSA) is 46.3 Å². The van der Waals surface area contributed by atoms with E-state index >= 15 is 0 Å². The van der Waals surface area contributed by atoms with Gasteiger partial charge in [0.15, 0.2) is 0 Å². The van der Waals surface area contributed by atoms with Crippen molar-refractivity contribution in [3.8, 4) is 0 Å². The minimum Gasteiger partial charge on any atom is -0.342 e. The van der Waals surface area contributed by atoms with Crippen LogP contribution in [0.2, 0.25) is 10.0 Å². The molecule has 1 saturated heterocycles. The van der Waals surface area contributed by atoms with Crippen molar-refractivity contribution in [3.05, 3.63) is 33.8 Å². The number of hydrogen-bond acceptors (Lipinski definition) is 2. The number of benzene rings is 1. The Morgan fingerprint density at radius 2 is 1.79 bits per heavy atom.